The molecule has 5 nitrogen and oxygen atoms in total. The van der Waals surface area contributed by atoms with Crippen molar-refractivity contribution in [1.29, 1.82) is 5.26 Å². The van der Waals surface area contributed by atoms with Crippen molar-refractivity contribution in [2.24, 2.45) is 0 Å². The number of nitrogens with zero attached hydrogens (tertiary/aromatic N) is 3. The average molecular weight is 352 g/mol. The van der Waals surface area contributed by atoms with Crippen LogP contribution in [0.3, 0.4) is 0 Å². The van der Waals surface area contributed by atoms with Crippen molar-refractivity contribution in [1.82, 2.24) is 9.38 Å². The molecule has 128 valence electrons. The van der Waals surface area contributed by atoms with E-state index < -0.39 is 0 Å². The van der Waals surface area contributed by atoms with Gasteiger partial charge in [-0.3, -0.25) is 4.79 Å². The van der Waals surface area contributed by atoms with E-state index in [1.165, 1.54) is 11.3 Å². The predicted molar refractivity (Wildman–Crippen MR) is 100.0 cm³/mol. The number of thiophene rings is 1. The molecule has 1 N–H and O–H groups in total. The van der Waals surface area contributed by atoms with Crippen LogP contribution in [0.1, 0.15) is 43.2 Å². The normalized spacial score (nSPS) is 11.5. The summed E-state index contributed by atoms with van der Waals surface area (Å²) in [6.07, 6.45) is 3.96. The molecule has 0 unspecified atom stereocenters. The lowest BCUT2D eigenvalue weighted by molar-refractivity contribution is -0.115. The number of aromatic nitrogens is 2. The quantitative estimate of drug-likeness (QED) is 0.773. The number of pyridine rings is 1. The molecule has 0 aliphatic carbocycles. The van der Waals surface area contributed by atoms with Crippen LogP contribution in [0.5, 0.6) is 0 Å². The molecule has 3 heterocycles. The maximum Gasteiger partial charge on any atom is 0.231 e. The number of aryl methyl sites for hydroxylation is 1. The smallest absolute Gasteiger partial charge is 0.231 e. The van der Waals surface area contributed by atoms with E-state index in [-0.39, 0.29) is 17.7 Å². The number of nitriles is 1. The number of amides is 1. The standard InChI is InChI=1S/C19H20N4OS/c1-12-5-6-23-10-13(21-16(23)7-12)8-17(24)22-18-14(9-20)15(11-25-18)19(2,3)4/h5-7,10-11H,8H2,1-4H3,(H,22,24). The summed E-state index contributed by atoms with van der Waals surface area (Å²) in [5, 5.41) is 14.9. The van der Waals surface area contributed by atoms with Gasteiger partial charge in [0.15, 0.2) is 0 Å². The Balaban J connectivity index is 1.78. The first-order valence-electron chi connectivity index (χ1n) is 8.04. The Labute approximate surface area is 150 Å². The van der Waals surface area contributed by atoms with Gasteiger partial charge in [-0.05, 0) is 41.0 Å². The fourth-order valence-electron chi connectivity index (χ4n) is 2.67. The maximum absolute atomic E-state index is 12.4. The summed E-state index contributed by atoms with van der Waals surface area (Å²) in [6, 6.07) is 6.20. The highest BCUT2D eigenvalue weighted by Crippen LogP contribution is 2.35. The Morgan fingerprint density at radius 1 is 1.44 bits per heavy atom. The van der Waals surface area contributed by atoms with E-state index in [2.05, 4.69) is 37.1 Å². The van der Waals surface area contributed by atoms with E-state index in [1.807, 2.05) is 41.2 Å². The number of fused-ring (bicyclic) bond motifs is 1. The number of rotatable bonds is 3. The fraction of sp³-hybridized carbons (Fsp3) is 0.316. The molecule has 0 atom stereocenters. The van der Waals surface area contributed by atoms with E-state index in [9.17, 15) is 10.1 Å². The van der Waals surface area contributed by atoms with Crippen LogP contribution in [0.25, 0.3) is 5.65 Å². The molecule has 6 heteroatoms. The second-order valence-electron chi connectivity index (χ2n) is 7.14. The highest BCUT2D eigenvalue weighted by Gasteiger charge is 2.23. The second kappa shape index (κ2) is 6.34. The lowest BCUT2D eigenvalue weighted by atomic mass is 9.86. The van der Waals surface area contributed by atoms with Gasteiger partial charge >= 0.3 is 0 Å². The Morgan fingerprint density at radius 2 is 2.20 bits per heavy atom. The van der Waals surface area contributed by atoms with Gasteiger partial charge < -0.3 is 9.72 Å². The number of carbonyl (C=O) groups excluding carboxylic acids is 1. The van der Waals surface area contributed by atoms with Gasteiger partial charge in [0, 0.05) is 12.4 Å². The molecule has 0 spiro atoms. The van der Waals surface area contributed by atoms with Gasteiger partial charge in [-0.25, -0.2) is 4.98 Å². The van der Waals surface area contributed by atoms with Crippen molar-refractivity contribution >= 4 is 27.9 Å². The molecule has 0 aliphatic heterocycles. The molecule has 0 aromatic carbocycles. The van der Waals surface area contributed by atoms with E-state index in [1.54, 1.807) is 0 Å². The van der Waals surface area contributed by atoms with Gasteiger partial charge in [0.1, 0.15) is 16.7 Å². The Bertz CT molecular complexity index is 985. The largest absolute Gasteiger partial charge is 0.316 e. The van der Waals surface area contributed by atoms with Crippen molar-refractivity contribution in [3.8, 4) is 6.07 Å². The minimum absolute atomic E-state index is 0.135. The van der Waals surface area contributed by atoms with E-state index >= 15 is 0 Å². The first-order chi connectivity index (χ1) is 11.8. The fourth-order valence-corrected chi connectivity index (χ4v) is 3.82. The summed E-state index contributed by atoms with van der Waals surface area (Å²) < 4.78 is 1.90. The third-order valence-electron chi connectivity index (χ3n) is 3.97. The molecule has 1 amide bonds. The van der Waals surface area contributed by atoms with Crippen molar-refractivity contribution in [2.45, 2.75) is 39.5 Å². The van der Waals surface area contributed by atoms with Gasteiger partial charge in [-0.1, -0.05) is 20.8 Å². The predicted octanol–water partition coefficient (Wildman–Crippen LogP) is 4.05. The van der Waals surface area contributed by atoms with Crippen LogP contribution in [-0.4, -0.2) is 15.3 Å². The molecule has 0 radical (unpaired) electrons. The van der Waals surface area contributed by atoms with Gasteiger partial charge in [-0.15, -0.1) is 11.3 Å². The molecule has 0 saturated heterocycles. The van der Waals surface area contributed by atoms with Crippen LogP contribution in [0.4, 0.5) is 5.00 Å². The minimum Gasteiger partial charge on any atom is -0.316 e. The van der Waals surface area contributed by atoms with Gasteiger partial charge in [-0.2, -0.15) is 5.26 Å². The van der Waals surface area contributed by atoms with E-state index in [4.69, 9.17) is 0 Å². The molecule has 0 aliphatic rings. The summed E-state index contributed by atoms with van der Waals surface area (Å²) in [4.78, 5) is 16.9. The Morgan fingerprint density at radius 3 is 2.88 bits per heavy atom. The minimum atomic E-state index is -0.168. The van der Waals surface area contributed by atoms with Crippen molar-refractivity contribution in [3.63, 3.8) is 0 Å². The monoisotopic (exact) mass is 352 g/mol. The molecular formula is C19H20N4OS. The number of carbonyl (C=O) groups is 1. The summed E-state index contributed by atoms with van der Waals surface area (Å²) in [7, 11) is 0. The Hall–Kier alpha value is -2.65. The first kappa shape index (κ1) is 17.2. The number of nitrogens with one attached hydrogen (secondary N) is 1. The summed E-state index contributed by atoms with van der Waals surface area (Å²) in [6.45, 7) is 8.18. The second-order valence-corrected chi connectivity index (χ2v) is 8.02. The number of anilines is 1. The van der Waals surface area contributed by atoms with E-state index in [0.29, 0.717) is 16.3 Å². The summed E-state index contributed by atoms with van der Waals surface area (Å²) in [5.41, 5.74) is 4.03. The Kier molecular flexibility index (Phi) is 4.36. The van der Waals surface area contributed by atoms with Gasteiger partial charge in [0.2, 0.25) is 5.91 Å². The molecular weight excluding hydrogens is 332 g/mol. The van der Waals surface area contributed by atoms with Gasteiger partial charge in [0.05, 0.1) is 17.7 Å². The topological polar surface area (TPSA) is 70.2 Å². The van der Waals surface area contributed by atoms with Crippen LogP contribution in [0.15, 0.2) is 29.9 Å². The van der Waals surface area contributed by atoms with Crippen LogP contribution in [-0.2, 0) is 16.6 Å². The number of hydrogen-bond acceptors (Lipinski definition) is 4. The van der Waals surface area contributed by atoms with Crippen LogP contribution in [0, 0.1) is 18.3 Å². The lowest BCUT2D eigenvalue weighted by Crippen LogP contribution is -2.16. The molecule has 0 fully saturated rings. The van der Waals surface area contributed by atoms with Crippen molar-refractivity contribution < 1.29 is 4.79 Å². The summed E-state index contributed by atoms with van der Waals surface area (Å²) >= 11 is 1.39. The van der Waals surface area contributed by atoms with Crippen LogP contribution in [0.2, 0.25) is 0 Å². The molecule has 3 aromatic rings. The first-order valence-corrected chi connectivity index (χ1v) is 8.92. The highest BCUT2D eigenvalue weighted by atomic mass is 32.1. The molecule has 0 saturated carbocycles. The zero-order valence-electron chi connectivity index (χ0n) is 14.8. The zero-order chi connectivity index (χ0) is 18.2. The SMILES string of the molecule is Cc1ccn2cc(CC(=O)Nc3scc(C(C)(C)C)c3C#N)nc2c1. The van der Waals surface area contributed by atoms with Crippen molar-refractivity contribution in [2.75, 3.05) is 5.32 Å². The number of hydrogen-bond donors (Lipinski definition) is 1. The molecule has 25 heavy (non-hydrogen) atoms. The number of imidazole rings is 1. The summed E-state index contributed by atoms with van der Waals surface area (Å²) in [5.74, 6) is -0.168. The van der Waals surface area contributed by atoms with Crippen LogP contribution < -0.4 is 5.32 Å². The molecule has 0 bridgehead atoms. The van der Waals surface area contributed by atoms with Gasteiger partial charge in [0.25, 0.3) is 0 Å². The zero-order valence-corrected chi connectivity index (χ0v) is 15.6. The molecule has 3 rings (SSSR count). The highest BCUT2D eigenvalue weighted by molar-refractivity contribution is 7.14. The maximum atomic E-state index is 12.4. The van der Waals surface area contributed by atoms with Crippen LogP contribution >= 0.6 is 11.3 Å². The lowest BCUT2D eigenvalue weighted by Gasteiger charge is -2.17. The van der Waals surface area contributed by atoms with Crippen molar-refractivity contribution in [3.05, 3.63) is 52.3 Å². The average Bonchev–Trinajstić information content (AvgIpc) is 3.09. The van der Waals surface area contributed by atoms with E-state index in [0.717, 1.165) is 16.8 Å². The third kappa shape index (κ3) is 3.57. The third-order valence-corrected chi connectivity index (χ3v) is 4.87. The molecule has 3 aromatic heterocycles.